The highest BCUT2D eigenvalue weighted by molar-refractivity contribution is 5.57. The Balaban J connectivity index is 1.55. The van der Waals surface area contributed by atoms with E-state index in [0.29, 0.717) is 17.9 Å². The number of pyridine rings is 2. The van der Waals surface area contributed by atoms with Crippen molar-refractivity contribution in [3.05, 3.63) is 42.2 Å². The van der Waals surface area contributed by atoms with Gasteiger partial charge >= 0.3 is 0 Å². The second kappa shape index (κ2) is 5.92. The van der Waals surface area contributed by atoms with Gasteiger partial charge in [0.2, 0.25) is 5.95 Å². The van der Waals surface area contributed by atoms with Crippen LogP contribution in [0.4, 0.5) is 11.8 Å². The highest BCUT2D eigenvalue weighted by Crippen LogP contribution is 2.27. The topological polar surface area (TPSA) is 77.8 Å². The molecule has 7 heteroatoms. The molecule has 0 aromatic carbocycles. The minimum absolute atomic E-state index is 0.366. The second-order valence-corrected chi connectivity index (χ2v) is 5.87. The molecule has 4 rings (SSSR count). The monoisotopic (exact) mass is 322 g/mol. The predicted molar refractivity (Wildman–Crippen MR) is 90.1 cm³/mol. The van der Waals surface area contributed by atoms with Gasteiger partial charge in [-0.2, -0.15) is 4.98 Å². The maximum absolute atomic E-state index is 5.72. The molecule has 3 heterocycles. The maximum atomic E-state index is 5.72. The first-order valence-electron chi connectivity index (χ1n) is 7.92. The maximum Gasteiger partial charge on any atom is 0.248 e. The lowest BCUT2D eigenvalue weighted by atomic mass is 10.3. The molecule has 0 unspecified atom stereocenters. The lowest BCUT2D eigenvalue weighted by Gasteiger charge is -2.04. The van der Waals surface area contributed by atoms with E-state index in [0.717, 1.165) is 35.7 Å². The molecule has 3 aromatic heterocycles. The number of anilines is 2. The SMILES string of the molecule is Cc1cccnc1Nc1nc(-c2ccc(OC3CC3)cn2)n(C)n1. The fraction of sp³-hybridized carbons (Fsp3) is 0.294. The van der Waals surface area contributed by atoms with Crippen LogP contribution in [0.1, 0.15) is 18.4 Å². The van der Waals surface area contributed by atoms with Crippen molar-refractivity contribution < 1.29 is 4.74 Å². The molecule has 1 saturated carbocycles. The Morgan fingerprint density at radius 3 is 2.79 bits per heavy atom. The number of ether oxygens (including phenoxy) is 1. The van der Waals surface area contributed by atoms with Crippen molar-refractivity contribution in [2.75, 3.05) is 5.32 Å². The number of aromatic nitrogens is 5. The van der Waals surface area contributed by atoms with Crippen molar-refractivity contribution in [3.8, 4) is 17.3 Å². The van der Waals surface area contributed by atoms with Crippen molar-refractivity contribution in [2.24, 2.45) is 7.05 Å². The number of rotatable bonds is 5. The fourth-order valence-electron chi connectivity index (χ4n) is 2.34. The van der Waals surface area contributed by atoms with Crippen LogP contribution in [0.3, 0.4) is 0 Å². The number of nitrogens with zero attached hydrogens (tertiary/aromatic N) is 5. The summed E-state index contributed by atoms with van der Waals surface area (Å²) in [5.41, 5.74) is 1.78. The van der Waals surface area contributed by atoms with Gasteiger partial charge in [-0.3, -0.25) is 0 Å². The Hall–Kier alpha value is -2.96. The minimum Gasteiger partial charge on any atom is -0.489 e. The summed E-state index contributed by atoms with van der Waals surface area (Å²) in [7, 11) is 1.84. The molecule has 24 heavy (non-hydrogen) atoms. The van der Waals surface area contributed by atoms with Crippen molar-refractivity contribution in [3.63, 3.8) is 0 Å². The van der Waals surface area contributed by atoms with Gasteiger partial charge in [-0.1, -0.05) is 6.07 Å². The molecule has 0 atom stereocenters. The Kier molecular flexibility index (Phi) is 3.60. The largest absolute Gasteiger partial charge is 0.489 e. The van der Waals surface area contributed by atoms with Crippen LogP contribution in [0, 0.1) is 6.92 Å². The molecule has 1 aliphatic rings. The highest BCUT2D eigenvalue weighted by Gasteiger charge is 2.23. The summed E-state index contributed by atoms with van der Waals surface area (Å²) in [6.45, 7) is 1.99. The Labute approximate surface area is 139 Å². The number of hydrogen-bond donors (Lipinski definition) is 1. The summed E-state index contributed by atoms with van der Waals surface area (Å²) >= 11 is 0. The van der Waals surface area contributed by atoms with Crippen LogP contribution in [-0.4, -0.2) is 30.8 Å². The van der Waals surface area contributed by atoms with Gasteiger partial charge in [-0.05, 0) is 43.5 Å². The average molecular weight is 322 g/mol. The van der Waals surface area contributed by atoms with E-state index in [2.05, 4.69) is 25.4 Å². The van der Waals surface area contributed by atoms with Crippen molar-refractivity contribution in [1.82, 2.24) is 24.7 Å². The summed E-state index contributed by atoms with van der Waals surface area (Å²) in [6.07, 6.45) is 6.10. The first-order chi connectivity index (χ1) is 11.7. The third kappa shape index (κ3) is 3.05. The Morgan fingerprint density at radius 2 is 2.08 bits per heavy atom. The van der Waals surface area contributed by atoms with Crippen LogP contribution in [0.15, 0.2) is 36.7 Å². The first-order valence-corrected chi connectivity index (χ1v) is 7.92. The normalized spacial score (nSPS) is 13.8. The molecule has 0 spiro atoms. The molecule has 0 radical (unpaired) electrons. The van der Waals surface area contributed by atoms with E-state index in [1.54, 1.807) is 17.1 Å². The zero-order valence-electron chi connectivity index (χ0n) is 13.6. The minimum atomic E-state index is 0.366. The molecule has 0 bridgehead atoms. The molecule has 1 N–H and O–H groups in total. The van der Waals surface area contributed by atoms with Crippen molar-refractivity contribution in [1.29, 1.82) is 0 Å². The van der Waals surface area contributed by atoms with Crippen LogP contribution >= 0.6 is 0 Å². The highest BCUT2D eigenvalue weighted by atomic mass is 16.5. The molecular formula is C17H18N6O. The molecule has 1 aliphatic carbocycles. The third-order valence-electron chi connectivity index (χ3n) is 3.80. The van der Waals surface area contributed by atoms with E-state index in [1.807, 2.05) is 38.2 Å². The number of hydrogen-bond acceptors (Lipinski definition) is 6. The summed E-state index contributed by atoms with van der Waals surface area (Å²) in [5.74, 6) is 2.72. The number of aryl methyl sites for hydroxylation is 2. The number of nitrogens with one attached hydrogen (secondary N) is 1. The van der Waals surface area contributed by atoms with E-state index in [4.69, 9.17) is 4.74 Å². The van der Waals surface area contributed by atoms with Crippen molar-refractivity contribution >= 4 is 11.8 Å². The molecule has 0 aliphatic heterocycles. The summed E-state index contributed by atoms with van der Waals surface area (Å²) in [5, 5.41) is 7.53. The summed E-state index contributed by atoms with van der Waals surface area (Å²) in [4.78, 5) is 13.3. The molecule has 3 aromatic rings. The lowest BCUT2D eigenvalue weighted by Crippen LogP contribution is -1.99. The van der Waals surface area contributed by atoms with E-state index < -0.39 is 0 Å². The molecule has 0 amide bonds. The molecule has 0 saturated heterocycles. The standard InChI is InChI=1S/C17H18N6O/c1-11-4-3-9-18-15(11)20-17-21-16(23(2)22-17)14-8-7-13(10-19-14)24-12-5-6-12/h3-4,7-10,12H,5-6H2,1-2H3,(H,18,20,22). The molecular weight excluding hydrogens is 304 g/mol. The average Bonchev–Trinajstić information content (AvgIpc) is 3.32. The van der Waals surface area contributed by atoms with Gasteiger partial charge in [0, 0.05) is 13.2 Å². The van der Waals surface area contributed by atoms with Crippen LogP contribution in [0.2, 0.25) is 0 Å². The van der Waals surface area contributed by atoms with E-state index >= 15 is 0 Å². The van der Waals surface area contributed by atoms with Crippen LogP contribution < -0.4 is 10.1 Å². The first kappa shape index (κ1) is 14.6. The smallest absolute Gasteiger partial charge is 0.248 e. The van der Waals surface area contributed by atoms with Gasteiger partial charge in [-0.25, -0.2) is 14.6 Å². The third-order valence-corrected chi connectivity index (χ3v) is 3.80. The van der Waals surface area contributed by atoms with Crippen LogP contribution in [-0.2, 0) is 7.05 Å². The zero-order valence-corrected chi connectivity index (χ0v) is 13.6. The molecule has 122 valence electrons. The Morgan fingerprint density at radius 1 is 1.21 bits per heavy atom. The van der Waals surface area contributed by atoms with E-state index in [1.165, 1.54) is 0 Å². The molecule has 7 nitrogen and oxygen atoms in total. The van der Waals surface area contributed by atoms with Crippen LogP contribution in [0.5, 0.6) is 5.75 Å². The van der Waals surface area contributed by atoms with Gasteiger partial charge in [-0.15, -0.1) is 5.10 Å². The van der Waals surface area contributed by atoms with Crippen LogP contribution in [0.25, 0.3) is 11.5 Å². The quantitative estimate of drug-likeness (QED) is 0.778. The lowest BCUT2D eigenvalue weighted by molar-refractivity contribution is 0.302. The van der Waals surface area contributed by atoms with E-state index in [-0.39, 0.29) is 0 Å². The van der Waals surface area contributed by atoms with Gasteiger partial charge in [0.15, 0.2) is 5.82 Å². The van der Waals surface area contributed by atoms with E-state index in [9.17, 15) is 0 Å². The van der Waals surface area contributed by atoms with Gasteiger partial charge in [0.1, 0.15) is 17.3 Å². The zero-order chi connectivity index (χ0) is 16.5. The van der Waals surface area contributed by atoms with Gasteiger partial charge in [0.05, 0.1) is 12.3 Å². The predicted octanol–water partition coefficient (Wildman–Crippen LogP) is 2.87. The summed E-state index contributed by atoms with van der Waals surface area (Å²) in [6, 6.07) is 7.70. The Bertz CT molecular complexity index is 854. The fourth-order valence-corrected chi connectivity index (χ4v) is 2.34. The second-order valence-electron chi connectivity index (χ2n) is 5.87. The van der Waals surface area contributed by atoms with Gasteiger partial charge < -0.3 is 10.1 Å². The van der Waals surface area contributed by atoms with Crippen molar-refractivity contribution in [2.45, 2.75) is 25.9 Å². The van der Waals surface area contributed by atoms with Gasteiger partial charge in [0.25, 0.3) is 0 Å². The summed E-state index contributed by atoms with van der Waals surface area (Å²) < 4.78 is 7.42. The molecule has 1 fully saturated rings.